The fourth-order valence-corrected chi connectivity index (χ4v) is 3.14. The Bertz CT molecular complexity index is 406. The lowest BCUT2D eigenvalue weighted by molar-refractivity contribution is -0.00932. The highest BCUT2D eigenvalue weighted by molar-refractivity contribution is 5.33. The summed E-state index contributed by atoms with van der Waals surface area (Å²) in [6.45, 7) is 2.33. The maximum Gasteiger partial charge on any atom is 0.225 e. The van der Waals surface area contributed by atoms with Gasteiger partial charge in [0.05, 0.1) is 18.8 Å². The van der Waals surface area contributed by atoms with Gasteiger partial charge in [0.1, 0.15) is 0 Å². The van der Waals surface area contributed by atoms with E-state index in [2.05, 4.69) is 14.9 Å². The van der Waals surface area contributed by atoms with Gasteiger partial charge in [-0.05, 0) is 31.4 Å². The summed E-state index contributed by atoms with van der Waals surface area (Å²) in [5.41, 5.74) is 6.66. The molecule has 0 amide bonds. The molecule has 0 spiro atoms. The van der Waals surface area contributed by atoms with Crippen molar-refractivity contribution in [1.82, 2.24) is 9.97 Å². The summed E-state index contributed by atoms with van der Waals surface area (Å²) in [6, 6.07) is 0.461. The topological polar surface area (TPSA) is 64.3 Å². The summed E-state index contributed by atoms with van der Waals surface area (Å²) in [7, 11) is 0. The molecule has 2 fully saturated rings. The molecule has 19 heavy (non-hydrogen) atoms. The lowest BCUT2D eigenvalue weighted by Gasteiger charge is -2.43. The van der Waals surface area contributed by atoms with E-state index >= 15 is 0 Å². The number of hydrogen-bond acceptors (Lipinski definition) is 5. The van der Waals surface area contributed by atoms with Crippen molar-refractivity contribution in [3.8, 4) is 0 Å². The maximum atomic E-state index is 5.88. The number of nitrogens with two attached hydrogens (primary N) is 1. The number of hydrogen-bond donors (Lipinski definition) is 1. The van der Waals surface area contributed by atoms with E-state index in [1.807, 2.05) is 12.4 Å². The third-order valence-corrected chi connectivity index (χ3v) is 4.11. The molecule has 0 radical (unpaired) electrons. The quantitative estimate of drug-likeness (QED) is 0.884. The number of nitrogens with zero attached hydrogens (tertiary/aromatic N) is 3. The molecule has 1 saturated heterocycles. The van der Waals surface area contributed by atoms with Crippen molar-refractivity contribution in [1.29, 1.82) is 0 Å². The molecule has 104 valence electrons. The van der Waals surface area contributed by atoms with Gasteiger partial charge in [-0.1, -0.05) is 12.8 Å². The Morgan fingerprint density at radius 3 is 2.84 bits per heavy atom. The van der Waals surface area contributed by atoms with Gasteiger partial charge < -0.3 is 15.4 Å². The lowest BCUT2D eigenvalue weighted by Crippen LogP contribution is -2.53. The molecular weight excluding hydrogens is 240 g/mol. The highest BCUT2D eigenvalue weighted by Crippen LogP contribution is 2.30. The Balaban J connectivity index is 1.75. The number of anilines is 1. The number of morpholine rings is 1. The van der Waals surface area contributed by atoms with Crippen LogP contribution in [-0.2, 0) is 11.2 Å². The van der Waals surface area contributed by atoms with Crippen molar-refractivity contribution < 1.29 is 4.74 Å². The van der Waals surface area contributed by atoms with Gasteiger partial charge in [0.2, 0.25) is 5.95 Å². The molecule has 5 heteroatoms. The van der Waals surface area contributed by atoms with Crippen molar-refractivity contribution in [2.45, 2.75) is 44.2 Å². The van der Waals surface area contributed by atoms with Crippen LogP contribution in [0.15, 0.2) is 12.4 Å². The molecule has 2 unspecified atom stereocenters. The van der Waals surface area contributed by atoms with E-state index in [4.69, 9.17) is 10.5 Å². The fourth-order valence-electron chi connectivity index (χ4n) is 3.14. The normalized spacial score (nSPS) is 27.1. The smallest absolute Gasteiger partial charge is 0.225 e. The Morgan fingerprint density at radius 2 is 2.05 bits per heavy atom. The van der Waals surface area contributed by atoms with Crippen LogP contribution in [0.5, 0.6) is 0 Å². The number of rotatable bonds is 3. The molecule has 2 aliphatic rings. The van der Waals surface area contributed by atoms with Crippen LogP contribution in [0.3, 0.4) is 0 Å². The summed E-state index contributed by atoms with van der Waals surface area (Å²) in [4.78, 5) is 11.4. The standard InChI is InChI=1S/C14H22N4O/c15-6-5-11-9-16-14(17-10-11)18-7-8-19-13-4-2-1-3-12(13)18/h9-10,12-13H,1-8,15H2. The average Bonchev–Trinajstić information content (AvgIpc) is 2.48. The second-order valence-corrected chi connectivity index (χ2v) is 5.38. The van der Waals surface area contributed by atoms with Crippen LogP contribution in [0, 0.1) is 0 Å². The largest absolute Gasteiger partial charge is 0.374 e. The van der Waals surface area contributed by atoms with E-state index in [0.29, 0.717) is 18.7 Å². The van der Waals surface area contributed by atoms with Crippen molar-refractivity contribution in [3.05, 3.63) is 18.0 Å². The molecule has 1 aromatic heterocycles. The summed E-state index contributed by atoms with van der Waals surface area (Å²) < 4.78 is 5.88. The Labute approximate surface area is 114 Å². The lowest BCUT2D eigenvalue weighted by atomic mass is 9.90. The summed E-state index contributed by atoms with van der Waals surface area (Å²) >= 11 is 0. The monoisotopic (exact) mass is 262 g/mol. The van der Waals surface area contributed by atoms with Crippen molar-refractivity contribution in [2.24, 2.45) is 5.73 Å². The third kappa shape index (κ3) is 2.72. The zero-order chi connectivity index (χ0) is 13.1. The van der Waals surface area contributed by atoms with Gasteiger partial charge in [0.15, 0.2) is 0 Å². The average molecular weight is 262 g/mol. The Kier molecular flexibility index (Phi) is 3.94. The van der Waals surface area contributed by atoms with Crippen molar-refractivity contribution in [2.75, 3.05) is 24.6 Å². The molecule has 0 aromatic carbocycles. The minimum absolute atomic E-state index is 0.370. The second-order valence-electron chi connectivity index (χ2n) is 5.38. The predicted octanol–water partition coefficient (Wildman–Crippen LogP) is 1.13. The first-order valence-corrected chi connectivity index (χ1v) is 7.28. The van der Waals surface area contributed by atoms with Crippen LogP contribution in [0.2, 0.25) is 0 Å². The van der Waals surface area contributed by atoms with Gasteiger partial charge in [0.25, 0.3) is 0 Å². The Hall–Kier alpha value is -1.20. The predicted molar refractivity (Wildman–Crippen MR) is 74.1 cm³/mol. The van der Waals surface area contributed by atoms with E-state index in [1.165, 1.54) is 25.7 Å². The van der Waals surface area contributed by atoms with Gasteiger partial charge in [-0.25, -0.2) is 9.97 Å². The second kappa shape index (κ2) is 5.84. The molecule has 1 aromatic rings. The highest BCUT2D eigenvalue weighted by atomic mass is 16.5. The molecule has 1 saturated carbocycles. The fraction of sp³-hybridized carbons (Fsp3) is 0.714. The van der Waals surface area contributed by atoms with Crippen LogP contribution in [0.4, 0.5) is 5.95 Å². The number of fused-ring (bicyclic) bond motifs is 1. The molecule has 2 atom stereocenters. The van der Waals surface area contributed by atoms with E-state index in [1.54, 1.807) is 0 Å². The minimum atomic E-state index is 0.370. The first kappa shape index (κ1) is 12.8. The zero-order valence-electron chi connectivity index (χ0n) is 11.3. The minimum Gasteiger partial charge on any atom is -0.374 e. The Morgan fingerprint density at radius 1 is 1.26 bits per heavy atom. The summed E-state index contributed by atoms with van der Waals surface area (Å²) in [5, 5.41) is 0. The summed E-state index contributed by atoms with van der Waals surface area (Å²) in [6.07, 6.45) is 9.96. The molecular formula is C14H22N4O. The van der Waals surface area contributed by atoms with Crippen LogP contribution < -0.4 is 10.6 Å². The van der Waals surface area contributed by atoms with Crippen molar-refractivity contribution >= 4 is 5.95 Å². The molecule has 2 heterocycles. The molecule has 0 bridgehead atoms. The van der Waals surface area contributed by atoms with E-state index in [-0.39, 0.29) is 0 Å². The van der Waals surface area contributed by atoms with Gasteiger partial charge in [-0.3, -0.25) is 0 Å². The van der Waals surface area contributed by atoms with E-state index < -0.39 is 0 Å². The molecule has 1 aliphatic carbocycles. The van der Waals surface area contributed by atoms with Gasteiger partial charge >= 0.3 is 0 Å². The van der Waals surface area contributed by atoms with Crippen LogP contribution in [-0.4, -0.2) is 41.8 Å². The molecule has 5 nitrogen and oxygen atoms in total. The molecule has 3 rings (SSSR count). The first-order chi connectivity index (χ1) is 9.38. The molecule has 1 aliphatic heterocycles. The number of aromatic nitrogens is 2. The van der Waals surface area contributed by atoms with Crippen LogP contribution >= 0.6 is 0 Å². The summed E-state index contributed by atoms with van der Waals surface area (Å²) in [5.74, 6) is 0.848. The maximum absolute atomic E-state index is 5.88. The van der Waals surface area contributed by atoms with Gasteiger partial charge in [0, 0.05) is 18.9 Å². The van der Waals surface area contributed by atoms with Crippen molar-refractivity contribution in [3.63, 3.8) is 0 Å². The van der Waals surface area contributed by atoms with E-state index in [0.717, 1.165) is 31.1 Å². The number of ether oxygens (including phenoxy) is 1. The van der Waals surface area contributed by atoms with Gasteiger partial charge in [-0.15, -0.1) is 0 Å². The zero-order valence-corrected chi connectivity index (χ0v) is 11.3. The van der Waals surface area contributed by atoms with E-state index in [9.17, 15) is 0 Å². The first-order valence-electron chi connectivity index (χ1n) is 7.28. The van der Waals surface area contributed by atoms with Crippen LogP contribution in [0.1, 0.15) is 31.2 Å². The molecule has 2 N–H and O–H groups in total. The highest BCUT2D eigenvalue weighted by Gasteiger charge is 2.35. The SMILES string of the molecule is NCCc1cnc(N2CCOC3CCCCC32)nc1. The van der Waals surface area contributed by atoms with Gasteiger partial charge in [-0.2, -0.15) is 0 Å². The third-order valence-electron chi connectivity index (χ3n) is 4.11. The van der Waals surface area contributed by atoms with Crippen LogP contribution in [0.25, 0.3) is 0 Å².